The number of carbonyl (C=O) groups excluding carboxylic acids is 3. The smallest absolute Gasteiger partial charge is 0.251 e. The molecular weight excluding hydrogens is 398 g/mol. The standard InChI is InChI=1S/C19H20BrN3O3/c1-12-3-4-14(18(25)21-2)11-16(12)23-17(24)9-10-22-19(26)13-5-7-15(20)8-6-13/h3-8,11H,9-10H2,1-2H3,(H,21,25)(H,22,26)(H,23,24). The molecule has 0 saturated carbocycles. The summed E-state index contributed by atoms with van der Waals surface area (Å²) in [4.78, 5) is 35.8. The van der Waals surface area contributed by atoms with Crippen molar-refractivity contribution in [3.05, 3.63) is 63.6 Å². The van der Waals surface area contributed by atoms with Crippen LogP contribution in [0.25, 0.3) is 0 Å². The highest BCUT2D eigenvalue weighted by atomic mass is 79.9. The average Bonchev–Trinajstić information content (AvgIpc) is 2.63. The van der Waals surface area contributed by atoms with E-state index in [0.717, 1.165) is 10.0 Å². The van der Waals surface area contributed by atoms with Crippen LogP contribution in [0.2, 0.25) is 0 Å². The lowest BCUT2D eigenvalue weighted by molar-refractivity contribution is -0.116. The number of nitrogens with one attached hydrogen (secondary N) is 3. The van der Waals surface area contributed by atoms with Crippen LogP contribution < -0.4 is 16.0 Å². The molecule has 2 aromatic rings. The second kappa shape index (κ2) is 9.15. The van der Waals surface area contributed by atoms with Crippen molar-refractivity contribution < 1.29 is 14.4 Å². The maximum Gasteiger partial charge on any atom is 0.251 e. The van der Waals surface area contributed by atoms with Crippen molar-refractivity contribution in [2.75, 3.05) is 18.9 Å². The molecular formula is C19H20BrN3O3. The van der Waals surface area contributed by atoms with Crippen LogP contribution in [0.1, 0.15) is 32.7 Å². The number of amides is 3. The first-order valence-corrected chi connectivity index (χ1v) is 8.86. The molecule has 2 rings (SSSR count). The van der Waals surface area contributed by atoms with Gasteiger partial charge in [0.15, 0.2) is 0 Å². The van der Waals surface area contributed by atoms with Crippen molar-refractivity contribution >= 4 is 39.3 Å². The zero-order valence-corrected chi connectivity index (χ0v) is 16.1. The van der Waals surface area contributed by atoms with Crippen molar-refractivity contribution in [3.63, 3.8) is 0 Å². The zero-order valence-electron chi connectivity index (χ0n) is 14.6. The number of hydrogen-bond donors (Lipinski definition) is 3. The van der Waals surface area contributed by atoms with Crippen LogP contribution in [-0.2, 0) is 4.79 Å². The molecule has 6 nitrogen and oxygen atoms in total. The lowest BCUT2D eigenvalue weighted by atomic mass is 10.1. The molecule has 0 aliphatic heterocycles. The number of anilines is 1. The molecule has 0 bridgehead atoms. The van der Waals surface area contributed by atoms with Gasteiger partial charge >= 0.3 is 0 Å². The predicted molar refractivity (Wildman–Crippen MR) is 104 cm³/mol. The Hall–Kier alpha value is -2.67. The Morgan fingerprint density at radius 3 is 2.27 bits per heavy atom. The molecule has 136 valence electrons. The molecule has 0 aliphatic carbocycles. The maximum absolute atomic E-state index is 12.1. The van der Waals surface area contributed by atoms with Gasteiger partial charge in [0.2, 0.25) is 5.91 Å². The quantitative estimate of drug-likeness (QED) is 0.674. The molecule has 3 amide bonds. The summed E-state index contributed by atoms with van der Waals surface area (Å²) < 4.78 is 0.891. The van der Waals surface area contributed by atoms with E-state index in [4.69, 9.17) is 0 Å². The number of rotatable bonds is 6. The van der Waals surface area contributed by atoms with Gasteiger partial charge in [0.05, 0.1) is 0 Å². The summed E-state index contributed by atoms with van der Waals surface area (Å²) in [5.41, 5.74) is 2.43. The van der Waals surface area contributed by atoms with E-state index in [1.54, 1.807) is 49.5 Å². The molecule has 26 heavy (non-hydrogen) atoms. The number of halogens is 1. The summed E-state index contributed by atoms with van der Waals surface area (Å²) in [6.07, 6.45) is 0.131. The Balaban J connectivity index is 1.88. The summed E-state index contributed by atoms with van der Waals surface area (Å²) in [5.74, 6) is -0.691. The van der Waals surface area contributed by atoms with Crippen molar-refractivity contribution in [2.24, 2.45) is 0 Å². The van der Waals surface area contributed by atoms with Crippen LogP contribution in [0.3, 0.4) is 0 Å². The third kappa shape index (κ3) is 5.42. The molecule has 0 saturated heterocycles. The Morgan fingerprint density at radius 1 is 0.962 bits per heavy atom. The Kier molecular flexibility index (Phi) is 6.91. The Morgan fingerprint density at radius 2 is 1.62 bits per heavy atom. The number of aryl methyl sites for hydroxylation is 1. The van der Waals surface area contributed by atoms with Crippen LogP contribution in [0.15, 0.2) is 46.9 Å². The van der Waals surface area contributed by atoms with E-state index in [9.17, 15) is 14.4 Å². The largest absolute Gasteiger partial charge is 0.355 e. The van der Waals surface area contributed by atoms with Gasteiger partial charge < -0.3 is 16.0 Å². The van der Waals surface area contributed by atoms with Crippen LogP contribution in [-0.4, -0.2) is 31.3 Å². The van der Waals surface area contributed by atoms with E-state index in [-0.39, 0.29) is 30.7 Å². The van der Waals surface area contributed by atoms with E-state index in [1.165, 1.54) is 0 Å². The fourth-order valence-corrected chi connectivity index (χ4v) is 2.51. The molecule has 0 spiro atoms. The van der Waals surface area contributed by atoms with Gasteiger partial charge in [-0.25, -0.2) is 0 Å². The van der Waals surface area contributed by atoms with Crippen molar-refractivity contribution in [2.45, 2.75) is 13.3 Å². The highest BCUT2D eigenvalue weighted by Crippen LogP contribution is 2.17. The van der Waals surface area contributed by atoms with Gasteiger partial charge in [-0.2, -0.15) is 0 Å². The minimum atomic E-state index is -0.238. The van der Waals surface area contributed by atoms with Crippen LogP contribution in [0.4, 0.5) is 5.69 Å². The summed E-state index contributed by atoms with van der Waals surface area (Å²) in [6.45, 7) is 2.06. The van der Waals surface area contributed by atoms with Crippen LogP contribution in [0, 0.1) is 6.92 Å². The SMILES string of the molecule is CNC(=O)c1ccc(C)c(NC(=O)CCNC(=O)c2ccc(Br)cc2)c1. The third-order valence-electron chi connectivity index (χ3n) is 3.74. The molecule has 2 aromatic carbocycles. The molecule has 7 heteroatoms. The van der Waals surface area contributed by atoms with Gasteiger partial charge in [-0.15, -0.1) is 0 Å². The van der Waals surface area contributed by atoms with E-state index >= 15 is 0 Å². The number of hydrogen-bond acceptors (Lipinski definition) is 3. The first-order valence-electron chi connectivity index (χ1n) is 8.07. The van der Waals surface area contributed by atoms with E-state index in [0.29, 0.717) is 16.8 Å². The molecule has 3 N–H and O–H groups in total. The summed E-state index contributed by atoms with van der Waals surface area (Å²) in [7, 11) is 1.55. The zero-order chi connectivity index (χ0) is 19.1. The Bertz CT molecular complexity index is 819. The highest BCUT2D eigenvalue weighted by Gasteiger charge is 2.10. The molecule has 0 radical (unpaired) electrons. The van der Waals surface area contributed by atoms with Crippen molar-refractivity contribution in [1.82, 2.24) is 10.6 Å². The van der Waals surface area contributed by atoms with Gasteiger partial charge in [0, 0.05) is 41.3 Å². The highest BCUT2D eigenvalue weighted by molar-refractivity contribution is 9.10. The van der Waals surface area contributed by atoms with Gasteiger partial charge in [-0.05, 0) is 48.9 Å². The van der Waals surface area contributed by atoms with Gasteiger partial charge in [0.25, 0.3) is 11.8 Å². The van der Waals surface area contributed by atoms with Gasteiger partial charge in [-0.3, -0.25) is 14.4 Å². The molecule has 0 unspecified atom stereocenters. The summed E-state index contributed by atoms with van der Waals surface area (Å²) in [5, 5.41) is 8.03. The van der Waals surface area contributed by atoms with E-state index in [1.807, 2.05) is 6.92 Å². The summed E-state index contributed by atoms with van der Waals surface area (Å²) in [6, 6.07) is 12.1. The van der Waals surface area contributed by atoms with Crippen molar-refractivity contribution in [1.29, 1.82) is 0 Å². The minimum absolute atomic E-state index is 0.131. The topological polar surface area (TPSA) is 87.3 Å². The minimum Gasteiger partial charge on any atom is -0.355 e. The first-order chi connectivity index (χ1) is 12.4. The van der Waals surface area contributed by atoms with Gasteiger partial charge in [0.1, 0.15) is 0 Å². The van der Waals surface area contributed by atoms with Crippen molar-refractivity contribution in [3.8, 4) is 0 Å². The molecule has 0 fully saturated rings. The van der Waals surface area contributed by atoms with E-state index in [2.05, 4.69) is 31.9 Å². The normalized spacial score (nSPS) is 10.1. The molecule has 0 atom stereocenters. The van der Waals surface area contributed by atoms with Crippen LogP contribution >= 0.6 is 15.9 Å². The fourth-order valence-electron chi connectivity index (χ4n) is 2.25. The lowest BCUT2D eigenvalue weighted by Gasteiger charge is -2.11. The monoisotopic (exact) mass is 417 g/mol. The second-order valence-electron chi connectivity index (χ2n) is 5.67. The summed E-state index contributed by atoms with van der Waals surface area (Å²) >= 11 is 3.31. The molecule has 0 aliphatic rings. The number of benzene rings is 2. The maximum atomic E-state index is 12.1. The Labute approximate surface area is 160 Å². The number of carbonyl (C=O) groups is 3. The lowest BCUT2D eigenvalue weighted by Crippen LogP contribution is -2.27. The average molecular weight is 418 g/mol. The second-order valence-corrected chi connectivity index (χ2v) is 6.59. The predicted octanol–water partition coefficient (Wildman–Crippen LogP) is 2.88. The van der Waals surface area contributed by atoms with Crippen LogP contribution in [0.5, 0.6) is 0 Å². The molecule has 0 aromatic heterocycles. The fraction of sp³-hybridized carbons (Fsp3) is 0.211. The van der Waals surface area contributed by atoms with Gasteiger partial charge in [-0.1, -0.05) is 22.0 Å². The first kappa shape index (κ1) is 19.7. The van der Waals surface area contributed by atoms with E-state index < -0.39 is 0 Å². The third-order valence-corrected chi connectivity index (χ3v) is 4.27. The molecule has 0 heterocycles.